The number of sulfonamides is 1. The Labute approximate surface area is 183 Å². The van der Waals surface area contributed by atoms with E-state index in [2.05, 4.69) is 4.98 Å². The van der Waals surface area contributed by atoms with Gasteiger partial charge >= 0.3 is 6.18 Å². The minimum atomic E-state index is -4.42. The van der Waals surface area contributed by atoms with E-state index in [9.17, 15) is 26.4 Å². The molecule has 0 aromatic carbocycles. The molecule has 1 amide bonds. The molecule has 3 heterocycles. The zero-order chi connectivity index (χ0) is 22.6. The average Bonchev–Trinajstić information content (AvgIpc) is 3.29. The van der Waals surface area contributed by atoms with Gasteiger partial charge in [-0.1, -0.05) is 6.07 Å². The number of aromatic nitrogens is 1. The van der Waals surface area contributed by atoms with E-state index in [0.29, 0.717) is 38.4 Å². The number of carbonyl (C=O) groups excluding carboxylic acids is 1. The molecule has 0 aliphatic carbocycles. The zero-order valence-corrected chi connectivity index (χ0v) is 18.5. The molecule has 0 bridgehead atoms. The van der Waals surface area contributed by atoms with Crippen molar-refractivity contribution in [1.29, 1.82) is 0 Å². The Morgan fingerprint density at radius 3 is 2.45 bits per heavy atom. The maximum Gasteiger partial charge on any atom is 0.417 e. The van der Waals surface area contributed by atoms with Crippen LogP contribution in [0.2, 0.25) is 0 Å². The highest BCUT2D eigenvalue weighted by Crippen LogP contribution is 2.29. The second kappa shape index (κ2) is 9.53. The topological polar surface area (TPSA) is 73.8 Å². The third kappa shape index (κ3) is 5.74. The molecule has 1 fully saturated rings. The molecule has 3 rings (SSSR count). The molecule has 12 heteroatoms. The lowest BCUT2D eigenvalue weighted by Crippen LogP contribution is -2.49. The fourth-order valence-corrected chi connectivity index (χ4v) is 5.63. The van der Waals surface area contributed by atoms with Gasteiger partial charge in [-0.25, -0.2) is 17.7 Å². The minimum Gasteiger partial charge on any atom is -0.353 e. The molecular formula is C19H23F3N4O3S2. The van der Waals surface area contributed by atoms with Gasteiger partial charge in [0.05, 0.1) is 5.56 Å². The van der Waals surface area contributed by atoms with Gasteiger partial charge in [-0.3, -0.25) is 4.79 Å². The molecule has 170 valence electrons. The van der Waals surface area contributed by atoms with Crippen LogP contribution in [0.3, 0.4) is 0 Å². The van der Waals surface area contributed by atoms with Crippen molar-refractivity contribution in [1.82, 2.24) is 14.2 Å². The first kappa shape index (κ1) is 23.5. The zero-order valence-electron chi connectivity index (χ0n) is 16.9. The average molecular weight is 477 g/mol. The lowest BCUT2D eigenvalue weighted by Gasteiger charge is -2.35. The molecular weight excluding hydrogens is 453 g/mol. The molecule has 1 saturated heterocycles. The number of anilines is 1. The van der Waals surface area contributed by atoms with E-state index in [1.165, 1.54) is 17.4 Å². The van der Waals surface area contributed by atoms with Crippen molar-refractivity contribution in [2.75, 3.05) is 44.7 Å². The van der Waals surface area contributed by atoms with Gasteiger partial charge in [-0.05, 0) is 30.0 Å². The number of alkyl halides is 3. The van der Waals surface area contributed by atoms with Crippen LogP contribution in [-0.4, -0.2) is 68.3 Å². The second-order valence-electron chi connectivity index (χ2n) is 7.13. The monoisotopic (exact) mass is 476 g/mol. The van der Waals surface area contributed by atoms with Gasteiger partial charge in [0.2, 0.25) is 5.91 Å². The summed E-state index contributed by atoms with van der Waals surface area (Å²) < 4.78 is 64.3. The first-order valence-corrected chi connectivity index (χ1v) is 12.0. The standard InChI is InChI=1S/C19H23F3N4O3S2/c1-24(31(28,29)18-5-3-13-30-18)8-2-4-17(27)26-11-9-25(10-12-26)16-7-6-15(14-23-16)19(20,21)22/h3,5-7,13-14H,2,4,8-12H2,1H3. The van der Waals surface area contributed by atoms with Crippen molar-refractivity contribution in [3.63, 3.8) is 0 Å². The van der Waals surface area contributed by atoms with Gasteiger partial charge in [0.25, 0.3) is 10.0 Å². The molecule has 0 unspecified atom stereocenters. The molecule has 1 aliphatic rings. The van der Waals surface area contributed by atoms with E-state index in [1.54, 1.807) is 22.4 Å². The fraction of sp³-hybridized carbons (Fsp3) is 0.474. The van der Waals surface area contributed by atoms with Crippen molar-refractivity contribution in [2.45, 2.75) is 23.2 Å². The van der Waals surface area contributed by atoms with Gasteiger partial charge in [-0.15, -0.1) is 11.3 Å². The molecule has 0 N–H and O–H groups in total. The van der Waals surface area contributed by atoms with Crippen molar-refractivity contribution in [2.24, 2.45) is 0 Å². The van der Waals surface area contributed by atoms with Crippen LogP contribution in [0.25, 0.3) is 0 Å². The predicted octanol–water partition coefficient (Wildman–Crippen LogP) is 2.91. The van der Waals surface area contributed by atoms with Crippen molar-refractivity contribution >= 4 is 33.1 Å². The molecule has 31 heavy (non-hydrogen) atoms. The molecule has 0 atom stereocenters. The van der Waals surface area contributed by atoms with Crippen LogP contribution in [0, 0.1) is 0 Å². The fourth-order valence-electron chi connectivity index (χ4n) is 3.22. The predicted molar refractivity (Wildman–Crippen MR) is 111 cm³/mol. The van der Waals surface area contributed by atoms with Crippen LogP contribution in [0.1, 0.15) is 18.4 Å². The van der Waals surface area contributed by atoms with Gasteiger partial charge in [-0.2, -0.15) is 13.2 Å². The molecule has 0 saturated carbocycles. The number of hydrogen-bond donors (Lipinski definition) is 0. The number of halogens is 3. The van der Waals surface area contributed by atoms with Crippen molar-refractivity contribution < 1.29 is 26.4 Å². The first-order valence-electron chi connectivity index (χ1n) is 9.65. The molecule has 0 radical (unpaired) electrons. The Hall–Kier alpha value is -2.18. The maximum atomic E-state index is 12.7. The Kier molecular flexibility index (Phi) is 7.22. The Morgan fingerprint density at radius 1 is 1.19 bits per heavy atom. The first-order chi connectivity index (χ1) is 14.6. The number of piperazine rings is 1. The summed E-state index contributed by atoms with van der Waals surface area (Å²) in [5.41, 5.74) is -0.795. The minimum absolute atomic E-state index is 0.0676. The number of hydrogen-bond acceptors (Lipinski definition) is 6. The summed E-state index contributed by atoms with van der Waals surface area (Å²) in [7, 11) is -2.03. The largest absolute Gasteiger partial charge is 0.417 e. The Morgan fingerprint density at radius 2 is 1.90 bits per heavy atom. The summed E-state index contributed by atoms with van der Waals surface area (Å²) in [4.78, 5) is 19.9. The lowest BCUT2D eigenvalue weighted by atomic mass is 10.2. The van der Waals surface area contributed by atoms with E-state index < -0.39 is 21.8 Å². The maximum absolute atomic E-state index is 12.7. The highest BCUT2D eigenvalue weighted by Gasteiger charge is 2.31. The summed E-state index contributed by atoms with van der Waals surface area (Å²) in [6.45, 7) is 2.05. The number of rotatable bonds is 7. The number of thiophene rings is 1. The number of amides is 1. The SMILES string of the molecule is CN(CCCC(=O)N1CCN(c2ccc(C(F)(F)F)cn2)CC1)S(=O)(=O)c1cccs1. The summed E-state index contributed by atoms with van der Waals surface area (Å²) in [5, 5.41) is 1.70. The molecule has 2 aromatic rings. The Balaban J connectivity index is 1.44. The highest BCUT2D eigenvalue weighted by molar-refractivity contribution is 7.91. The van der Waals surface area contributed by atoms with E-state index >= 15 is 0 Å². The van der Waals surface area contributed by atoms with Crippen LogP contribution in [0.4, 0.5) is 19.0 Å². The molecule has 0 spiro atoms. The molecule has 7 nitrogen and oxygen atoms in total. The van der Waals surface area contributed by atoms with Crippen molar-refractivity contribution in [3.05, 3.63) is 41.4 Å². The quantitative estimate of drug-likeness (QED) is 0.615. The van der Waals surface area contributed by atoms with Gasteiger partial charge in [0.1, 0.15) is 10.0 Å². The lowest BCUT2D eigenvalue weighted by molar-refractivity contribution is -0.137. The van der Waals surface area contributed by atoms with Crippen molar-refractivity contribution in [3.8, 4) is 0 Å². The van der Waals surface area contributed by atoms with Crippen LogP contribution in [0.5, 0.6) is 0 Å². The third-order valence-electron chi connectivity index (χ3n) is 5.05. The number of nitrogens with zero attached hydrogens (tertiary/aromatic N) is 4. The second-order valence-corrected chi connectivity index (χ2v) is 10.4. The highest BCUT2D eigenvalue weighted by atomic mass is 32.2. The van der Waals surface area contributed by atoms with Crippen LogP contribution in [-0.2, 0) is 21.0 Å². The molecule has 1 aliphatic heterocycles. The summed E-state index contributed by atoms with van der Waals surface area (Å²) in [6, 6.07) is 5.56. The Bertz CT molecular complexity index is 972. The van der Waals surface area contributed by atoms with Crippen LogP contribution < -0.4 is 4.90 Å². The summed E-state index contributed by atoms with van der Waals surface area (Å²) in [5.74, 6) is 0.377. The third-order valence-corrected chi connectivity index (χ3v) is 8.28. The van der Waals surface area contributed by atoms with E-state index in [4.69, 9.17) is 0 Å². The normalized spacial score (nSPS) is 15.5. The van der Waals surface area contributed by atoms with E-state index in [1.807, 2.05) is 4.90 Å². The van der Waals surface area contributed by atoms with Gasteiger partial charge < -0.3 is 9.80 Å². The van der Waals surface area contributed by atoms with Crippen LogP contribution >= 0.6 is 11.3 Å². The van der Waals surface area contributed by atoms with E-state index in [-0.39, 0.29) is 23.1 Å². The van der Waals surface area contributed by atoms with Gasteiger partial charge in [0, 0.05) is 52.4 Å². The van der Waals surface area contributed by atoms with E-state index in [0.717, 1.165) is 23.6 Å². The molecule has 2 aromatic heterocycles. The van der Waals surface area contributed by atoms with Crippen LogP contribution in [0.15, 0.2) is 40.1 Å². The number of pyridine rings is 1. The summed E-state index contributed by atoms with van der Waals surface area (Å²) in [6.07, 6.45) is -2.98. The van der Waals surface area contributed by atoms with Gasteiger partial charge in [0.15, 0.2) is 0 Å². The number of carbonyl (C=O) groups is 1. The smallest absolute Gasteiger partial charge is 0.353 e. The summed E-state index contributed by atoms with van der Waals surface area (Å²) >= 11 is 1.15.